The topological polar surface area (TPSA) is 0 Å². The highest BCUT2D eigenvalue weighted by atomic mass is 35.5. The summed E-state index contributed by atoms with van der Waals surface area (Å²) in [5, 5.41) is 0.147. The van der Waals surface area contributed by atoms with E-state index < -0.39 is 0 Å². The molecule has 0 bridgehead atoms. The molecule has 0 spiro atoms. The monoisotopic (exact) mass is 290 g/mol. The molecule has 0 aliphatic carbocycles. The van der Waals surface area contributed by atoms with Gasteiger partial charge >= 0.3 is 0 Å². The molecular weight excluding hydrogens is 264 g/mol. The maximum absolute atomic E-state index is 6.43. The average Bonchev–Trinajstić information content (AvgIpc) is 2.47. The first-order valence-corrected chi connectivity index (χ1v) is 8.03. The molecule has 0 aliphatic heterocycles. The maximum Gasteiger partial charge on any atom is 0.0585 e. The lowest BCUT2D eigenvalue weighted by Gasteiger charge is -2.09. The van der Waals surface area contributed by atoms with Gasteiger partial charge in [-0.25, -0.2) is 0 Å². The van der Waals surface area contributed by atoms with Crippen LogP contribution in [0.25, 0.3) is 0 Å². The van der Waals surface area contributed by atoms with Crippen LogP contribution in [0, 0.1) is 0 Å². The molecule has 0 heterocycles. The van der Waals surface area contributed by atoms with E-state index in [9.17, 15) is 0 Å². The van der Waals surface area contributed by atoms with E-state index in [4.69, 9.17) is 11.6 Å². The van der Waals surface area contributed by atoms with Crippen molar-refractivity contribution >= 4 is 11.6 Å². The Morgan fingerprint density at radius 2 is 1.80 bits per heavy atom. The van der Waals surface area contributed by atoms with Crippen LogP contribution in [-0.2, 0) is 0 Å². The van der Waals surface area contributed by atoms with Gasteiger partial charge in [-0.05, 0) is 58.4 Å². The zero-order valence-corrected chi connectivity index (χ0v) is 13.8. The van der Waals surface area contributed by atoms with Gasteiger partial charge in [0.1, 0.15) is 0 Å². The van der Waals surface area contributed by atoms with Crippen molar-refractivity contribution in [3.05, 3.63) is 59.2 Å². The lowest BCUT2D eigenvalue weighted by atomic mass is 10.0. The van der Waals surface area contributed by atoms with E-state index in [0.717, 1.165) is 25.7 Å². The molecule has 1 aromatic rings. The first-order valence-electron chi connectivity index (χ1n) is 7.60. The van der Waals surface area contributed by atoms with Gasteiger partial charge in [-0.2, -0.15) is 0 Å². The zero-order valence-electron chi connectivity index (χ0n) is 13.0. The fraction of sp³-hybridized carbons (Fsp3) is 0.474. The van der Waals surface area contributed by atoms with Crippen molar-refractivity contribution < 1.29 is 0 Å². The Balaban J connectivity index is 2.24. The van der Waals surface area contributed by atoms with Gasteiger partial charge in [0.15, 0.2) is 0 Å². The highest BCUT2D eigenvalue weighted by Gasteiger charge is 2.06. The number of alkyl halides is 1. The van der Waals surface area contributed by atoms with Crippen LogP contribution in [0.5, 0.6) is 0 Å². The quantitative estimate of drug-likeness (QED) is 0.363. The van der Waals surface area contributed by atoms with Gasteiger partial charge in [0.05, 0.1) is 5.38 Å². The molecule has 0 aliphatic rings. The van der Waals surface area contributed by atoms with Gasteiger partial charge < -0.3 is 0 Å². The molecule has 0 saturated heterocycles. The Labute approximate surface area is 129 Å². The molecule has 20 heavy (non-hydrogen) atoms. The minimum atomic E-state index is 0.147. The highest BCUT2D eigenvalue weighted by Crippen LogP contribution is 2.26. The van der Waals surface area contributed by atoms with Crippen LogP contribution in [0.3, 0.4) is 0 Å². The number of hydrogen-bond donors (Lipinski definition) is 0. The summed E-state index contributed by atoms with van der Waals surface area (Å²) >= 11 is 6.43. The van der Waals surface area contributed by atoms with Gasteiger partial charge in [-0.1, -0.05) is 53.6 Å². The molecule has 1 rings (SSSR count). The molecule has 1 atom stereocenters. The van der Waals surface area contributed by atoms with Gasteiger partial charge in [0, 0.05) is 0 Å². The molecule has 110 valence electrons. The lowest BCUT2D eigenvalue weighted by molar-refractivity contribution is 0.709. The fourth-order valence-electron chi connectivity index (χ4n) is 2.18. The van der Waals surface area contributed by atoms with Crippen LogP contribution >= 0.6 is 11.6 Å². The standard InChI is InChI=1S/C19H27Cl/c1-4-16(2)10-8-11-17(3)12-9-15-19(20)18-13-6-5-7-14-18/h4-7,11,13-14,19H,8-10,12,15H2,1-3H3/b16-4+,17-11+. The van der Waals surface area contributed by atoms with Gasteiger partial charge in [-0.3, -0.25) is 0 Å². The number of benzene rings is 1. The van der Waals surface area contributed by atoms with Crippen LogP contribution in [0.2, 0.25) is 0 Å². The minimum absolute atomic E-state index is 0.147. The summed E-state index contributed by atoms with van der Waals surface area (Å²) in [6, 6.07) is 10.4. The molecular formula is C19H27Cl. The summed E-state index contributed by atoms with van der Waals surface area (Å²) in [5.74, 6) is 0. The van der Waals surface area contributed by atoms with Gasteiger partial charge in [-0.15, -0.1) is 11.6 Å². The summed E-state index contributed by atoms with van der Waals surface area (Å²) in [4.78, 5) is 0. The second-order valence-electron chi connectivity index (χ2n) is 5.49. The minimum Gasteiger partial charge on any atom is -0.118 e. The Hall–Kier alpha value is -1.01. The van der Waals surface area contributed by atoms with E-state index in [1.165, 1.54) is 23.1 Å². The van der Waals surface area contributed by atoms with E-state index in [1.807, 2.05) is 6.07 Å². The predicted molar refractivity (Wildman–Crippen MR) is 91.3 cm³/mol. The van der Waals surface area contributed by atoms with Crippen LogP contribution in [-0.4, -0.2) is 0 Å². The second kappa shape index (κ2) is 9.83. The van der Waals surface area contributed by atoms with Crippen molar-refractivity contribution in [2.45, 2.75) is 58.3 Å². The fourth-order valence-corrected chi connectivity index (χ4v) is 2.48. The molecule has 0 aromatic heterocycles. The van der Waals surface area contributed by atoms with Crippen molar-refractivity contribution in [1.29, 1.82) is 0 Å². The first-order chi connectivity index (χ1) is 9.63. The average molecular weight is 291 g/mol. The van der Waals surface area contributed by atoms with E-state index >= 15 is 0 Å². The third-order valence-corrected chi connectivity index (χ3v) is 4.18. The van der Waals surface area contributed by atoms with Crippen molar-refractivity contribution in [3.8, 4) is 0 Å². The molecule has 1 unspecified atom stereocenters. The summed E-state index contributed by atoms with van der Waals surface area (Å²) < 4.78 is 0. The van der Waals surface area contributed by atoms with E-state index in [-0.39, 0.29) is 5.38 Å². The van der Waals surface area contributed by atoms with Crippen molar-refractivity contribution in [2.24, 2.45) is 0 Å². The van der Waals surface area contributed by atoms with Crippen LogP contribution < -0.4 is 0 Å². The van der Waals surface area contributed by atoms with Gasteiger partial charge in [0.2, 0.25) is 0 Å². The zero-order chi connectivity index (χ0) is 14.8. The Bertz CT molecular complexity index is 428. The Morgan fingerprint density at radius 1 is 1.10 bits per heavy atom. The van der Waals surface area contributed by atoms with Crippen LogP contribution in [0.1, 0.15) is 63.8 Å². The van der Waals surface area contributed by atoms with Crippen molar-refractivity contribution in [1.82, 2.24) is 0 Å². The Kier molecular flexibility index (Phi) is 8.37. The highest BCUT2D eigenvalue weighted by molar-refractivity contribution is 6.20. The Morgan fingerprint density at radius 3 is 2.45 bits per heavy atom. The van der Waals surface area contributed by atoms with Crippen LogP contribution in [0.4, 0.5) is 0 Å². The summed E-state index contributed by atoms with van der Waals surface area (Å²) in [5.41, 5.74) is 4.20. The maximum atomic E-state index is 6.43. The largest absolute Gasteiger partial charge is 0.118 e. The molecule has 0 N–H and O–H groups in total. The number of halogens is 1. The van der Waals surface area contributed by atoms with Gasteiger partial charge in [0.25, 0.3) is 0 Å². The molecule has 0 amide bonds. The normalized spacial score (nSPS) is 14.4. The number of hydrogen-bond acceptors (Lipinski definition) is 0. The first kappa shape index (κ1) is 17.0. The predicted octanol–water partition coefficient (Wildman–Crippen LogP) is 6.83. The van der Waals surface area contributed by atoms with Crippen molar-refractivity contribution in [3.63, 3.8) is 0 Å². The third kappa shape index (κ3) is 6.96. The number of rotatable bonds is 8. The summed E-state index contributed by atoms with van der Waals surface area (Å²) in [6.07, 6.45) is 10.3. The van der Waals surface area contributed by atoms with Crippen molar-refractivity contribution in [2.75, 3.05) is 0 Å². The lowest BCUT2D eigenvalue weighted by Crippen LogP contribution is -1.91. The smallest absolute Gasteiger partial charge is 0.0585 e. The van der Waals surface area contributed by atoms with Crippen LogP contribution in [0.15, 0.2) is 53.6 Å². The molecule has 0 saturated carbocycles. The van der Waals surface area contributed by atoms with E-state index in [1.54, 1.807) is 0 Å². The van der Waals surface area contributed by atoms with E-state index in [2.05, 4.69) is 57.2 Å². The summed E-state index contributed by atoms with van der Waals surface area (Å²) in [6.45, 7) is 6.54. The second-order valence-corrected chi connectivity index (χ2v) is 6.02. The summed E-state index contributed by atoms with van der Waals surface area (Å²) in [7, 11) is 0. The molecule has 0 radical (unpaired) electrons. The van der Waals surface area contributed by atoms with E-state index in [0.29, 0.717) is 0 Å². The molecule has 0 nitrogen and oxygen atoms in total. The number of allylic oxidation sites excluding steroid dienone is 4. The third-order valence-electron chi connectivity index (χ3n) is 3.71. The molecule has 1 heteroatoms. The molecule has 1 aromatic carbocycles. The molecule has 0 fully saturated rings. The SMILES string of the molecule is C/C=C(\C)CC/C=C(\C)CCCC(Cl)c1ccccc1.